The molecule has 4 rings (SSSR count). The van der Waals surface area contributed by atoms with Crippen LogP contribution in [0.5, 0.6) is 5.75 Å². The number of nitrogens with zero attached hydrogens (tertiary/aromatic N) is 2. The zero-order chi connectivity index (χ0) is 22.7. The number of thioether (sulfide) groups is 1. The number of nitrogens with one attached hydrogen (secondary N) is 1. The molecular weight excluding hydrogens is 442 g/mol. The monoisotopic (exact) mass is 465 g/mol. The molecular formula is C24H23N3O3S2. The van der Waals surface area contributed by atoms with Crippen molar-refractivity contribution in [2.24, 2.45) is 0 Å². The van der Waals surface area contributed by atoms with Crippen molar-refractivity contribution >= 4 is 39.2 Å². The summed E-state index contributed by atoms with van der Waals surface area (Å²) in [6.07, 6.45) is 0. The van der Waals surface area contributed by atoms with Crippen LogP contribution in [0.15, 0.2) is 63.9 Å². The number of benzene rings is 2. The lowest BCUT2D eigenvalue weighted by Crippen LogP contribution is -2.26. The fraction of sp³-hybridized carbons (Fsp3) is 0.208. The molecule has 0 aliphatic heterocycles. The maximum atomic E-state index is 13.3. The average Bonchev–Trinajstić information content (AvgIpc) is 3.28. The summed E-state index contributed by atoms with van der Waals surface area (Å²) >= 11 is 2.64. The van der Waals surface area contributed by atoms with Crippen molar-refractivity contribution in [1.29, 1.82) is 0 Å². The minimum atomic E-state index is -0.127. The quantitative estimate of drug-likeness (QED) is 0.322. The molecule has 1 amide bonds. The van der Waals surface area contributed by atoms with Crippen LogP contribution in [0.25, 0.3) is 15.9 Å². The number of carbonyl (C=O) groups excluding carboxylic acids is 1. The lowest BCUT2D eigenvalue weighted by Gasteiger charge is -2.15. The largest absolute Gasteiger partial charge is 0.497 e. The molecule has 0 radical (unpaired) electrons. The summed E-state index contributed by atoms with van der Waals surface area (Å²) in [5.41, 5.74) is 4.42. The Morgan fingerprint density at radius 1 is 1.16 bits per heavy atom. The van der Waals surface area contributed by atoms with Gasteiger partial charge >= 0.3 is 0 Å². The number of rotatable bonds is 7. The fourth-order valence-electron chi connectivity index (χ4n) is 3.30. The second-order valence-electron chi connectivity index (χ2n) is 7.30. The van der Waals surface area contributed by atoms with Crippen LogP contribution in [0.3, 0.4) is 0 Å². The van der Waals surface area contributed by atoms with E-state index in [-0.39, 0.29) is 17.2 Å². The van der Waals surface area contributed by atoms with Crippen LogP contribution in [0.4, 0.5) is 0 Å². The normalized spacial score (nSPS) is 11.0. The topological polar surface area (TPSA) is 73.2 Å². The summed E-state index contributed by atoms with van der Waals surface area (Å²) in [6, 6.07) is 15.2. The van der Waals surface area contributed by atoms with Gasteiger partial charge in [0.1, 0.15) is 10.4 Å². The van der Waals surface area contributed by atoms with Gasteiger partial charge in [0.05, 0.1) is 24.1 Å². The molecule has 164 valence electrons. The molecule has 4 aromatic rings. The average molecular weight is 466 g/mol. The molecule has 2 aromatic heterocycles. The van der Waals surface area contributed by atoms with Gasteiger partial charge in [0.25, 0.3) is 5.56 Å². The van der Waals surface area contributed by atoms with Crippen molar-refractivity contribution in [3.05, 3.63) is 81.0 Å². The molecule has 0 aliphatic carbocycles. The Balaban J connectivity index is 1.56. The van der Waals surface area contributed by atoms with Gasteiger partial charge < -0.3 is 10.1 Å². The van der Waals surface area contributed by atoms with Crippen molar-refractivity contribution in [3.63, 3.8) is 0 Å². The number of ether oxygens (including phenoxy) is 1. The zero-order valence-electron chi connectivity index (χ0n) is 18.0. The summed E-state index contributed by atoms with van der Waals surface area (Å²) in [5.74, 6) is 0.802. The van der Waals surface area contributed by atoms with E-state index in [1.165, 1.54) is 23.1 Å². The van der Waals surface area contributed by atoms with Crippen LogP contribution in [-0.2, 0) is 11.3 Å². The molecule has 0 bridgehead atoms. The van der Waals surface area contributed by atoms with Crippen molar-refractivity contribution in [1.82, 2.24) is 14.9 Å². The number of hydrogen-bond acceptors (Lipinski definition) is 6. The van der Waals surface area contributed by atoms with Crippen molar-refractivity contribution in [3.8, 4) is 11.4 Å². The number of amides is 1. The molecule has 0 atom stereocenters. The summed E-state index contributed by atoms with van der Waals surface area (Å²) in [6.45, 7) is 4.43. The van der Waals surface area contributed by atoms with Crippen LogP contribution >= 0.6 is 23.1 Å². The van der Waals surface area contributed by atoms with Gasteiger partial charge in [0, 0.05) is 6.54 Å². The number of thiophene rings is 1. The third-order valence-electron chi connectivity index (χ3n) is 5.25. The van der Waals surface area contributed by atoms with Gasteiger partial charge in [-0.2, -0.15) is 0 Å². The van der Waals surface area contributed by atoms with E-state index < -0.39 is 0 Å². The highest BCUT2D eigenvalue weighted by atomic mass is 32.2. The van der Waals surface area contributed by atoms with Crippen LogP contribution in [0, 0.1) is 13.8 Å². The second kappa shape index (κ2) is 9.58. The van der Waals surface area contributed by atoms with Gasteiger partial charge in [-0.3, -0.25) is 14.2 Å². The highest BCUT2D eigenvalue weighted by molar-refractivity contribution is 7.99. The first-order chi connectivity index (χ1) is 15.5. The zero-order valence-corrected chi connectivity index (χ0v) is 19.7. The van der Waals surface area contributed by atoms with E-state index in [0.717, 1.165) is 28.1 Å². The van der Waals surface area contributed by atoms with Crippen LogP contribution in [0.2, 0.25) is 0 Å². The molecule has 0 unspecified atom stereocenters. The highest BCUT2D eigenvalue weighted by Gasteiger charge is 2.17. The van der Waals surface area contributed by atoms with Gasteiger partial charge in [0.15, 0.2) is 5.16 Å². The summed E-state index contributed by atoms with van der Waals surface area (Å²) < 4.78 is 7.39. The maximum absolute atomic E-state index is 13.3. The lowest BCUT2D eigenvalue weighted by molar-refractivity contribution is -0.118. The number of aromatic nitrogens is 2. The molecule has 2 heterocycles. The first-order valence-electron chi connectivity index (χ1n) is 10.1. The van der Waals surface area contributed by atoms with E-state index in [0.29, 0.717) is 21.9 Å². The molecule has 32 heavy (non-hydrogen) atoms. The number of fused-ring (bicyclic) bond motifs is 1. The van der Waals surface area contributed by atoms with Gasteiger partial charge in [-0.1, -0.05) is 36.0 Å². The minimum Gasteiger partial charge on any atom is -0.497 e. The lowest BCUT2D eigenvalue weighted by atomic mass is 10.1. The van der Waals surface area contributed by atoms with E-state index in [1.807, 2.05) is 67.8 Å². The Morgan fingerprint density at radius 2 is 1.94 bits per heavy atom. The Morgan fingerprint density at radius 3 is 2.69 bits per heavy atom. The highest BCUT2D eigenvalue weighted by Crippen LogP contribution is 2.26. The van der Waals surface area contributed by atoms with E-state index in [1.54, 1.807) is 11.7 Å². The van der Waals surface area contributed by atoms with Gasteiger partial charge in [0.2, 0.25) is 5.91 Å². The molecule has 0 fully saturated rings. The Hall–Kier alpha value is -3.10. The minimum absolute atomic E-state index is 0.111. The molecule has 0 saturated heterocycles. The van der Waals surface area contributed by atoms with Gasteiger partial charge in [-0.05, 0) is 60.2 Å². The predicted molar refractivity (Wildman–Crippen MR) is 130 cm³/mol. The number of methoxy groups -OCH3 is 1. The maximum Gasteiger partial charge on any atom is 0.276 e. The van der Waals surface area contributed by atoms with E-state index in [4.69, 9.17) is 9.72 Å². The molecule has 0 aliphatic rings. The Kier molecular flexibility index (Phi) is 6.62. The summed E-state index contributed by atoms with van der Waals surface area (Å²) in [5, 5.41) is 5.29. The molecule has 2 aromatic carbocycles. The number of carbonyl (C=O) groups is 1. The van der Waals surface area contributed by atoms with Gasteiger partial charge in [-0.25, -0.2) is 4.98 Å². The fourth-order valence-corrected chi connectivity index (χ4v) is 4.90. The first-order valence-corrected chi connectivity index (χ1v) is 11.9. The van der Waals surface area contributed by atoms with Crippen LogP contribution < -0.4 is 15.6 Å². The molecule has 0 spiro atoms. The molecule has 1 N–H and O–H groups in total. The van der Waals surface area contributed by atoms with E-state index in [2.05, 4.69) is 5.32 Å². The summed E-state index contributed by atoms with van der Waals surface area (Å²) in [4.78, 5) is 30.5. The van der Waals surface area contributed by atoms with Crippen LogP contribution in [0.1, 0.15) is 16.7 Å². The molecule has 8 heteroatoms. The van der Waals surface area contributed by atoms with Crippen molar-refractivity contribution in [2.75, 3.05) is 12.9 Å². The van der Waals surface area contributed by atoms with Crippen molar-refractivity contribution < 1.29 is 9.53 Å². The van der Waals surface area contributed by atoms with Gasteiger partial charge in [-0.15, -0.1) is 11.3 Å². The summed E-state index contributed by atoms with van der Waals surface area (Å²) in [7, 11) is 1.62. The smallest absolute Gasteiger partial charge is 0.276 e. The predicted octanol–water partition coefficient (Wildman–Crippen LogP) is 4.48. The first kappa shape index (κ1) is 22.1. The third-order valence-corrected chi connectivity index (χ3v) is 7.08. The molecule has 0 saturated carbocycles. The van der Waals surface area contributed by atoms with E-state index >= 15 is 0 Å². The van der Waals surface area contributed by atoms with Crippen LogP contribution in [-0.4, -0.2) is 28.3 Å². The van der Waals surface area contributed by atoms with E-state index in [9.17, 15) is 9.59 Å². The number of hydrogen-bond donors (Lipinski definition) is 1. The number of aryl methyl sites for hydroxylation is 1. The third kappa shape index (κ3) is 4.56. The standard InChI is InChI=1S/C24H23N3O3S2/c1-15-5-4-6-20(16(15)2)27-23(29)22-19(11-12-31-22)26-24(27)32-14-21(28)25-13-17-7-9-18(30-3)10-8-17/h4-12H,13-14H2,1-3H3,(H,25,28). The van der Waals surface area contributed by atoms with Crippen molar-refractivity contribution in [2.45, 2.75) is 25.5 Å². The Bertz CT molecular complexity index is 1330. The SMILES string of the molecule is COc1ccc(CNC(=O)CSc2nc3ccsc3c(=O)n2-c2cccc(C)c2C)cc1. The molecule has 6 nitrogen and oxygen atoms in total. The Labute approximate surface area is 194 Å². The second-order valence-corrected chi connectivity index (χ2v) is 9.16.